The second-order valence-corrected chi connectivity index (χ2v) is 15.7. The zero-order valence-corrected chi connectivity index (χ0v) is 34.9. The minimum absolute atomic E-state index is 0.0638. The Morgan fingerprint density at radius 2 is 1.60 bits per heavy atom. The Kier molecular flexibility index (Phi) is 14.1. The SMILES string of the molecule is Cc1ccc(C(=O)Nc2ccc(CNC[C@H](O)c3ccc(O)c4[nH]c(=O)ccc34)cc2C)cc1CNC(=O)CCN1CCC(OC(=O)Nc2ccccc2-c2ccccc2)CC1. The number of fused-ring (bicyclic) bond motifs is 1. The third-order valence-corrected chi connectivity index (χ3v) is 11.3. The molecule has 2 heterocycles. The first kappa shape index (κ1) is 43.3. The van der Waals surface area contributed by atoms with Gasteiger partial charge in [-0.3, -0.25) is 19.7 Å². The number of aromatic amines is 1. The highest BCUT2D eigenvalue weighted by Gasteiger charge is 2.23. The monoisotopic (exact) mass is 836 g/mol. The maximum absolute atomic E-state index is 13.4. The molecule has 1 aliphatic rings. The number of piperidine rings is 1. The minimum Gasteiger partial charge on any atom is -0.506 e. The molecule has 0 saturated carbocycles. The summed E-state index contributed by atoms with van der Waals surface area (Å²) in [5, 5.41) is 33.8. The van der Waals surface area contributed by atoms with Gasteiger partial charge in [0.15, 0.2) is 0 Å². The molecular formula is C49H52N6O7. The van der Waals surface area contributed by atoms with Crippen LogP contribution in [-0.4, -0.2) is 70.3 Å². The van der Waals surface area contributed by atoms with Crippen LogP contribution in [0.25, 0.3) is 22.0 Å². The van der Waals surface area contributed by atoms with Crippen molar-refractivity contribution in [2.75, 3.05) is 36.8 Å². The van der Waals surface area contributed by atoms with Gasteiger partial charge >= 0.3 is 6.09 Å². The lowest BCUT2D eigenvalue weighted by Gasteiger charge is -2.31. The summed E-state index contributed by atoms with van der Waals surface area (Å²) in [5.74, 6) is -0.412. The van der Waals surface area contributed by atoms with E-state index >= 15 is 0 Å². The molecule has 6 aromatic rings. The number of carbonyl (C=O) groups excluding carboxylic acids is 3. The van der Waals surface area contributed by atoms with E-state index in [4.69, 9.17) is 4.74 Å². The number of aliphatic hydroxyl groups excluding tert-OH is 1. The maximum Gasteiger partial charge on any atom is 0.411 e. The van der Waals surface area contributed by atoms with Crippen molar-refractivity contribution in [2.24, 2.45) is 0 Å². The average molecular weight is 837 g/mol. The second kappa shape index (κ2) is 20.2. The van der Waals surface area contributed by atoms with Crippen molar-refractivity contribution >= 4 is 40.2 Å². The number of rotatable bonds is 15. The maximum atomic E-state index is 13.4. The molecule has 7 N–H and O–H groups in total. The molecule has 0 aliphatic carbocycles. The van der Waals surface area contributed by atoms with Crippen LogP contribution in [0.5, 0.6) is 5.75 Å². The van der Waals surface area contributed by atoms with Crippen LogP contribution in [0, 0.1) is 13.8 Å². The van der Waals surface area contributed by atoms with Gasteiger partial charge in [-0.1, -0.05) is 72.8 Å². The molecule has 13 heteroatoms. The topological polar surface area (TPSA) is 185 Å². The van der Waals surface area contributed by atoms with Crippen LogP contribution < -0.4 is 26.8 Å². The number of phenolic OH excluding ortho intramolecular Hbond substituents is 1. The number of carbonyl (C=O) groups is 3. The van der Waals surface area contributed by atoms with E-state index in [9.17, 15) is 29.4 Å². The first-order valence-corrected chi connectivity index (χ1v) is 20.9. The molecule has 62 heavy (non-hydrogen) atoms. The summed E-state index contributed by atoms with van der Waals surface area (Å²) >= 11 is 0. The number of phenols is 1. The molecular weight excluding hydrogens is 785 g/mol. The third kappa shape index (κ3) is 11.1. The van der Waals surface area contributed by atoms with Crippen molar-refractivity contribution in [1.29, 1.82) is 0 Å². The summed E-state index contributed by atoms with van der Waals surface area (Å²) in [6.45, 7) is 6.88. The van der Waals surface area contributed by atoms with Crippen molar-refractivity contribution in [3.8, 4) is 16.9 Å². The van der Waals surface area contributed by atoms with E-state index in [0.29, 0.717) is 66.8 Å². The predicted octanol–water partition coefficient (Wildman–Crippen LogP) is 7.31. The molecule has 0 radical (unpaired) electrons. The van der Waals surface area contributed by atoms with Crippen LogP contribution in [-0.2, 0) is 22.6 Å². The molecule has 7 rings (SSSR count). The number of aryl methyl sites for hydroxylation is 2. The number of aliphatic hydroxyl groups is 1. The van der Waals surface area contributed by atoms with Crippen molar-refractivity contribution < 1.29 is 29.3 Å². The van der Waals surface area contributed by atoms with E-state index in [1.165, 1.54) is 12.1 Å². The number of aromatic hydroxyl groups is 1. The van der Waals surface area contributed by atoms with E-state index in [0.717, 1.165) is 46.5 Å². The number of pyridine rings is 1. The number of likely N-dealkylation sites (tertiary alicyclic amines) is 1. The van der Waals surface area contributed by atoms with Gasteiger partial charge in [-0.25, -0.2) is 4.79 Å². The standard InChI is InChI=1S/C49H52N6O7/c1-31-12-14-35(48(60)52-41-17-13-33(26-32(41)2)28-50-30-44(57)39-15-18-43(56)47-40(39)16-19-46(59)54-47)27-36(31)29-51-45(58)22-25-55-23-20-37(21-24-55)62-49(61)53-42-11-7-6-10-38(42)34-8-4-3-5-9-34/h3-19,26-27,37,44,50,56-57H,20-25,28-30H2,1-2H3,(H,51,58)(H,52,60)(H,53,61)(H,54,59)/t44-/m0/s1. The van der Waals surface area contributed by atoms with Gasteiger partial charge in [0.25, 0.3) is 5.91 Å². The molecule has 1 aliphatic heterocycles. The molecule has 1 aromatic heterocycles. The largest absolute Gasteiger partial charge is 0.506 e. The number of para-hydroxylation sites is 1. The third-order valence-electron chi connectivity index (χ3n) is 11.3. The Morgan fingerprint density at radius 3 is 2.39 bits per heavy atom. The average Bonchev–Trinajstić information content (AvgIpc) is 3.27. The highest BCUT2D eigenvalue weighted by atomic mass is 16.6. The molecule has 13 nitrogen and oxygen atoms in total. The fourth-order valence-corrected chi connectivity index (χ4v) is 7.73. The molecule has 0 bridgehead atoms. The quantitative estimate of drug-likeness (QED) is 0.0557. The Labute approximate surface area is 360 Å². The van der Waals surface area contributed by atoms with E-state index in [-0.39, 0.29) is 41.3 Å². The Hall–Kier alpha value is -6.80. The van der Waals surface area contributed by atoms with E-state index in [1.807, 2.05) is 92.7 Å². The zero-order chi connectivity index (χ0) is 43.6. The fourth-order valence-electron chi connectivity index (χ4n) is 7.73. The van der Waals surface area contributed by atoms with Gasteiger partial charge in [0.05, 0.1) is 17.3 Å². The van der Waals surface area contributed by atoms with Crippen LogP contribution >= 0.6 is 0 Å². The Bertz CT molecular complexity index is 2600. The highest BCUT2D eigenvalue weighted by molar-refractivity contribution is 6.05. The van der Waals surface area contributed by atoms with Gasteiger partial charge in [-0.2, -0.15) is 0 Å². The van der Waals surface area contributed by atoms with Gasteiger partial charge < -0.3 is 40.8 Å². The smallest absolute Gasteiger partial charge is 0.411 e. The summed E-state index contributed by atoms with van der Waals surface area (Å²) < 4.78 is 5.77. The molecule has 1 fully saturated rings. The fraction of sp³-hybridized carbons (Fsp3) is 0.265. The summed E-state index contributed by atoms with van der Waals surface area (Å²) in [5.41, 5.74) is 7.93. The predicted molar refractivity (Wildman–Crippen MR) is 241 cm³/mol. The molecule has 0 spiro atoms. The Balaban J connectivity index is 0.825. The van der Waals surface area contributed by atoms with Gasteiger partial charge in [-0.15, -0.1) is 0 Å². The summed E-state index contributed by atoms with van der Waals surface area (Å²) in [7, 11) is 0. The lowest BCUT2D eigenvalue weighted by Crippen LogP contribution is -2.40. The van der Waals surface area contributed by atoms with Crippen LogP contribution in [0.2, 0.25) is 0 Å². The summed E-state index contributed by atoms with van der Waals surface area (Å²) in [4.78, 5) is 55.7. The Morgan fingerprint density at radius 1 is 0.823 bits per heavy atom. The minimum atomic E-state index is -0.884. The first-order valence-electron chi connectivity index (χ1n) is 20.9. The van der Waals surface area contributed by atoms with E-state index < -0.39 is 12.2 Å². The van der Waals surface area contributed by atoms with Crippen molar-refractivity contribution in [2.45, 2.75) is 58.4 Å². The summed E-state index contributed by atoms with van der Waals surface area (Å²) in [6.07, 6.45) is 0.128. The summed E-state index contributed by atoms with van der Waals surface area (Å²) in [6, 6.07) is 34.7. The molecule has 5 aromatic carbocycles. The van der Waals surface area contributed by atoms with Gasteiger partial charge in [0.2, 0.25) is 11.5 Å². The lowest BCUT2D eigenvalue weighted by atomic mass is 10.0. The molecule has 1 saturated heterocycles. The first-order chi connectivity index (χ1) is 30.0. The molecule has 1 atom stereocenters. The van der Waals surface area contributed by atoms with Crippen molar-refractivity contribution in [3.05, 3.63) is 159 Å². The number of aromatic nitrogens is 1. The number of nitrogens with one attached hydrogen (secondary N) is 5. The van der Waals surface area contributed by atoms with Gasteiger partial charge in [0, 0.05) is 74.0 Å². The molecule has 3 amide bonds. The van der Waals surface area contributed by atoms with Crippen molar-refractivity contribution in [3.63, 3.8) is 0 Å². The van der Waals surface area contributed by atoms with Gasteiger partial charge in [0.1, 0.15) is 11.9 Å². The van der Waals surface area contributed by atoms with Crippen LogP contribution in [0.3, 0.4) is 0 Å². The van der Waals surface area contributed by atoms with Crippen LogP contribution in [0.4, 0.5) is 16.2 Å². The number of hydrogen-bond acceptors (Lipinski definition) is 9. The lowest BCUT2D eigenvalue weighted by molar-refractivity contribution is -0.121. The van der Waals surface area contributed by atoms with E-state index in [2.05, 4.69) is 31.2 Å². The van der Waals surface area contributed by atoms with Crippen molar-refractivity contribution in [1.82, 2.24) is 20.5 Å². The number of benzene rings is 5. The number of nitrogens with zero attached hydrogens (tertiary/aromatic N) is 1. The number of anilines is 2. The number of H-pyrrole nitrogens is 1. The zero-order valence-electron chi connectivity index (χ0n) is 34.9. The molecule has 0 unspecified atom stereocenters. The number of amides is 3. The second-order valence-electron chi connectivity index (χ2n) is 15.7. The highest BCUT2D eigenvalue weighted by Crippen LogP contribution is 2.30. The van der Waals surface area contributed by atoms with Gasteiger partial charge in [-0.05, 0) is 96.5 Å². The van der Waals surface area contributed by atoms with E-state index in [1.54, 1.807) is 24.3 Å². The normalized spacial score (nSPS) is 13.7. The number of hydrogen-bond donors (Lipinski definition) is 7. The molecule has 320 valence electrons. The number of ether oxygens (including phenoxy) is 1. The van der Waals surface area contributed by atoms with Crippen LogP contribution in [0.1, 0.15) is 63.5 Å². The van der Waals surface area contributed by atoms with Crippen LogP contribution in [0.15, 0.2) is 120 Å².